The van der Waals surface area contributed by atoms with Crippen molar-refractivity contribution >= 4 is 40.7 Å². The van der Waals surface area contributed by atoms with Gasteiger partial charge in [0.15, 0.2) is 11.5 Å². The second kappa shape index (κ2) is 13.9. The van der Waals surface area contributed by atoms with Gasteiger partial charge in [-0.2, -0.15) is 0 Å². The monoisotopic (exact) mass is 654 g/mol. The second-order valence-electron chi connectivity index (χ2n) is 10.7. The number of carbonyl (C=O) groups is 3. The minimum absolute atomic E-state index is 0.00213. The zero-order valence-corrected chi connectivity index (χ0v) is 24.6. The summed E-state index contributed by atoms with van der Waals surface area (Å²) < 4.78 is 12.4. The Morgan fingerprint density at radius 2 is 1.85 bits per heavy atom. The van der Waals surface area contributed by atoms with Crippen LogP contribution in [0.25, 0.3) is 0 Å². The maximum Gasteiger partial charge on any atom is 0.247 e. The van der Waals surface area contributed by atoms with Crippen molar-refractivity contribution in [2.75, 3.05) is 20.3 Å². The minimum atomic E-state index is -1.09. The fraction of sp³-hybridized carbons (Fsp3) is 0.621. The highest BCUT2D eigenvalue weighted by Gasteiger charge is 2.45. The minimum Gasteiger partial charge on any atom is -0.493 e. The van der Waals surface area contributed by atoms with Crippen LogP contribution in [0.5, 0.6) is 11.5 Å². The van der Waals surface area contributed by atoms with E-state index in [0.717, 1.165) is 64.1 Å². The average molecular weight is 655 g/mol. The van der Waals surface area contributed by atoms with Crippen molar-refractivity contribution in [1.82, 2.24) is 10.2 Å². The van der Waals surface area contributed by atoms with E-state index in [-0.39, 0.29) is 43.3 Å². The Labute approximate surface area is 243 Å². The van der Waals surface area contributed by atoms with Gasteiger partial charge in [0.25, 0.3) is 0 Å². The zero-order chi connectivity index (χ0) is 27.9. The third kappa shape index (κ3) is 6.94. The fourth-order valence-electron chi connectivity index (χ4n) is 5.82. The van der Waals surface area contributed by atoms with Gasteiger partial charge >= 0.3 is 0 Å². The zero-order valence-electron chi connectivity index (χ0n) is 22.4. The number of hydrogen-bond donors (Lipinski definition) is 3. The molecule has 0 spiro atoms. The van der Waals surface area contributed by atoms with Gasteiger partial charge in [0.2, 0.25) is 11.8 Å². The van der Waals surface area contributed by atoms with Gasteiger partial charge < -0.3 is 29.9 Å². The van der Waals surface area contributed by atoms with E-state index in [1.807, 2.05) is 4.90 Å². The van der Waals surface area contributed by atoms with E-state index in [2.05, 4.69) is 27.9 Å². The average Bonchev–Trinajstić information content (AvgIpc) is 3.18. The molecule has 0 saturated heterocycles. The Hall–Kier alpha value is -2.18. The molecule has 9 nitrogen and oxygen atoms in total. The van der Waals surface area contributed by atoms with Gasteiger partial charge in [-0.15, -0.1) is 0 Å². The summed E-state index contributed by atoms with van der Waals surface area (Å²) in [6, 6.07) is 2.59. The number of ether oxygens (including phenoxy) is 2. The molecule has 214 valence electrons. The predicted molar refractivity (Wildman–Crippen MR) is 154 cm³/mol. The Balaban J connectivity index is 1.71. The second-order valence-corrected chi connectivity index (χ2v) is 11.8. The molecule has 0 bridgehead atoms. The number of aliphatic hydroxyl groups is 2. The van der Waals surface area contributed by atoms with E-state index in [0.29, 0.717) is 26.2 Å². The Kier molecular flexibility index (Phi) is 10.6. The van der Waals surface area contributed by atoms with E-state index in [9.17, 15) is 24.6 Å². The largest absolute Gasteiger partial charge is 0.493 e. The summed E-state index contributed by atoms with van der Waals surface area (Å²) in [5.74, 6) is 0.351. The molecular weight excluding hydrogens is 615 g/mol. The lowest BCUT2D eigenvalue weighted by Gasteiger charge is -2.46. The lowest BCUT2D eigenvalue weighted by atomic mass is 9.81. The Morgan fingerprint density at radius 3 is 2.44 bits per heavy atom. The number of amides is 2. The first kappa shape index (κ1) is 29.8. The highest BCUT2D eigenvalue weighted by Crippen LogP contribution is 2.39. The molecule has 3 unspecified atom stereocenters. The molecule has 0 radical (unpaired) electrons. The van der Waals surface area contributed by atoms with Crippen LogP contribution in [-0.2, 0) is 9.59 Å². The predicted octanol–water partition coefficient (Wildman–Crippen LogP) is 3.38. The highest BCUT2D eigenvalue weighted by atomic mass is 127. The molecule has 1 aromatic carbocycles. The summed E-state index contributed by atoms with van der Waals surface area (Å²) in [7, 11) is 1.47. The van der Waals surface area contributed by atoms with Crippen molar-refractivity contribution < 1.29 is 34.1 Å². The van der Waals surface area contributed by atoms with Crippen molar-refractivity contribution in [2.45, 2.75) is 88.5 Å². The molecule has 3 atom stereocenters. The Morgan fingerprint density at radius 1 is 1.13 bits per heavy atom. The first-order valence-corrected chi connectivity index (χ1v) is 15.0. The molecule has 0 aromatic heterocycles. The quantitative estimate of drug-likeness (QED) is 0.201. The number of aliphatic hydroxyl groups excluding tert-OH is 2. The standard InChI is InChI=1S/C29H39IN2O7/c1-38-25-14-18(17-34)13-22(30)27(25)39-24-16-20(28(36)31-11-12-33)15-23(26(24)35)32(29(37)19-7-6-8-19)21-9-4-2-3-5-10-21/h13-14,16-17,19,21,23-24,26,33,35H,2-12,15H2,1H3,(H,31,36). The van der Waals surface area contributed by atoms with Crippen molar-refractivity contribution in [1.29, 1.82) is 0 Å². The molecule has 2 fully saturated rings. The van der Waals surface area contributed by atoms with E-state index < -0.39 is 18.2 Å². The summed E-state index contributed by atoms with van der Waals surface area (Å²) in [6.07, 6.45) is 9.30. The van der Waals surface area contributed by atoms with Gasteiger partial charge in [-0.1, -0.05) is 32.1 Å². The lowest BCUT2D eigenvalue weighted by Crippen LogP contribution is -2.59. The molecule has 3 aliphatic rings. The van der Waals surface area contributed by atoms with Crippen LogP contribution in [-0.4, -0.2) is 77.8 Å². The van der Waals surface area contributed by atoms with Crippen molar-refractivity contribution in [3.8, 4) is 11.5 Å². The topological polar surface area (TPSA) is 125 Å². The normalized spacial score (nSPS) is 24.1. The fourth-order valence-corrected chi connectivity index (χ4v) is 6.57. The van der Waals surface area contributed by atoms with Crippen LogP contribution in [0.2, 0.25) is 0 Å². The first-order valence-electron chi connectivity index (χ1n) is 14.0. The number of aldehydes is 1. The molecule has 3 N–H and O–H groups in total. The highest BCUT2D eigenvalue weighted by molar-refractivity contribution is 14.1. The van der Waals surface area contributed by atoms with Crippen molar-refractivity contribution in [3.05, 3.63) is 32.9 Å². The summed E-state index contributed by atoms with van der Waals surface area (Å²) in [4.78, 5) is 40.3. The maximum absolute atomic E-state index is 13.9. The van der Waals surface area contributed by atoms with Crippen molar-refractivity contribution in [2.24, 2.45) is 5.92 Å². The van der Waals surface area contributed by atoms with E-state index in [4.69, 9.17) is 9.47 Å². The number of hydrogen-bond acceptors (Lipinski definition) is 7. The lowest BCUT2D eigenvalue weighted by molar-refractivity contribution is -0.149. The molecule has 1 aromatic rings. The van der Waals surface area contributed by atoms with Crippen LogP contribution in [0.3, 0.4) is 0 Å². The molecule has 0 aliphatic heterocycles. The Bertz CT molecular complexity index is 1070. The van der Waals surface area contributed by atoms with Crippen LogP contribution in [0, 0.1) is 9.49 Å². The van der Waals surface area contributed by atoms with Crippen LogP contribution in [0.4, 0.5) is 0 Å². The van der Waals surface area contributed by atoms with E-state index >= 15 is 0 Å². The number of halogens is 1. The molecule has 10 heteroatoms. The molecule has 2 amide bonds. The number of benzene rings is 1. The number of rotatable bonds is 10. The third-order valence-electron chi connectivity index (χ3n) is 8.14. The third-order valence-corrected chi connectivity index (χ3v) is 8.94. The number of nitrogens with zero attached hydrogens (tertiary/aromatic N) is 1. The molecule has 3 aliphatic carbocycles. The van der Waals surface area contributed by atoms with Gasteiger partial charge in [0.05, 0.1) is 23.3 Å². The van der Waals surface area contributed by atoms with Gasteiger partial charge in [-0.3, -0.25) is 14.4 Å². The van der Waals surface area contributed by atoms with Crippen LogP contribution in [0.15, 0.2) is 23.8 Å². The van der Waals surface area contributed by atoms with Crippen molar-refractivity contribution in [3.63, 3.8) is 0 Å². The molecular formula is C29H39IN2O7. The van der Waals surface area contributed by atoms with Gasteiger partial charge in [-0.05, 0) is 66.5 Å². The maximum atomic E-state index is 13.9. The summed E-state index contributed by atoms with van der Waals surface area (Å²) >= 11 is 2.05. The molecule has 0 heterocycles. The van der Waals surface area contributed by atoms with Crippen LogP contribution < -0.4 is 14.8 Å². The van der Waals surface area contributed by atoms with Gasteiger partial charge in [-0.25, -0.2) is 0 Å². The smallest absolute Gasteiger partial charge is 0.247 e. The molecule has 39 heavy (non-hydrogen) atoms. The summed E-state index contributed by atoms with van der Waals surface area (Å²) in [5.41, 5.74) is 0.832. The molecule has 2 saturated carbocycles. The van der Waals surface area contributed by atoms with E-state index in [1.54, 1.807) is 18.2 Å². The van der Waals surface area contributed by atoms with E-state index in [1.165, 1.54) is 7.11 Å². The summed E-state index contributed by atoms with van der Waals surface area (Å²) in [6.45, 7) is -0.0982. The number of carbonyl (C=O) groups excluding carboxylic acids is 3. The number of methoxy groups -OCH3 is 1. The van der Waals surface area contributed by atoms with Crippen LogP contribution in [0.1, 0.15) is 74.6 Å². The number of nitrogens with one attached hydrogen (secondary N) is 1. The first-order chi connectivity index (χ1) is 18.9. The SMILES string of the molecule is COc1cc(C=O)cc(I)c1OC1C=C(C(=O)NCCO)CC(N(C(=O)C2CCC2)C2CCCCCC2)C1O. The van der Waals surface area contributed by atoms with Crippen LogP contribution >= 0.6 is 22.6 Å². The summed E-state index contributed by atoms with van der Waals surface area (Å²) in [5, 5.41) is 23.7. The van der Waals surface area contributed by atoms with Gasteiger partial charge in [0, 0.05) is 36.1 Å². The molecule has 4 rings (SSSR count). The van der Waals surface area contributed by atoms with Gasteiger partial charge in [0.1, 0.15) is 18.5 Å².